The summed E-state index contributed by atoms with van der Waals surface area (Å²) in [7, 11) is 0. The van der Waals surface area contributed by atoms with E-state index in [1.54, 1.807) is 0 Å². The molecule has 1 N–H and O–H groups in total. The van der Waals surface area contributed by atoms with Gasteiger partial charge in [-0.2, -0.15) is 0 Å². The summed E-state index contributed by atoms with van der Waals surface area (Å²) in [5.41, 5.74) is 3.03. The van der Waals surface area contributed by atoms with Crippen molar-refractivity contribution in [3.8, 4) is 0 Å². The number of Topliss-reactive ketones (excluding diaryl/α,β-unsaturated/α-hetero) is 1. The average Bonchev–Trinajstić information content (AvgIpc) is 2.48. The van der Waals surface area contributed by atoms with Crippen LogP contribution in [0.2, 0.25) is 0 Å². The lowest BCUT2D eigenvalue weighted by atomic mass is 9.90. The van der Waals surface area contributed by atoms with Crippen molar-refractivity contribution < 1.29 is 9.90 Å². The molecule has 21 heavy (non-hydrogen) atoms. The summed E-state index contributed by atoms with van der Waals surface area (Å²) < 4.78 is 0. The van der Waals surface area contributed by atoms with Gasteiger partial charge in [-0.05, 0) is 71.2 Å². The standard InChI is InChI=1S/C18H27NO2/c1-12-5-6-13(2)17(11-12)18(21)14(3)19-9-7-16(8-10-19)15(4)20/h5-6,11,14-16,20H,7-10H2,1-4H3. The van der Waals surface area contributed by atoms with Crippen molar-refractivity contribution in [3.05, 3.63) is 34.9 Å². The Morgan fingerprint density at radius 1 is 1.24 bits per heavy atom. The fourth-order valence-electron chi connectivity index (χ4n) is 3.18. The van der Waals surface area contributed by atoms with Crippen molar-refractivity contribution >= 4 is 5.78 Å². The van der Waals surface area contributed by atoms with Gasteiger partial charge in [0.25, 0.3) is 0 Å². The molecule has 0 spiro atoms. The molecule has 0 bridgehead atoms. The molecule has 2 rings (SSSR count). The lowest BCUT2D eigenvalue weighted by Gasteiger charge is -2.36. The van der Waals surface area contributed by atoms with Crippen molar-refractivity contribution in [1.82, 2.24) is 4.90 Å². The van der Waals surface area contributed by atoms with Gasteiger partial charge in [0, 0.05) is 5.56 Å². The molecule has 1 aromatic carbocycles. The predicted molar refractivity (Wildman–Crippen MR) is 85.7 cm³/mol. The van der Waals surface area contributed by atoms with E-state index in [-0.39, 0.29) is 17.9 Å². The second-order valence-corrected chi connectivity index (χ2v) is 6.47. The lowest BCUT2D eigenvalue weighted by Crippen LogP contribution is -2.45. The molecule has 2 atom stereocenters. The van der Waals surface area contributed by atoms with E-state index in [0.717, 1.165) is 42.6 Å². The van der Waals surface area contributed by atoms with Crippen molar-refractivity contribution in [1.29, 1.82) is 0 Å². The molecule has 0 aromatic heterocycles. The molecule has 1 heterocycles. The highest BCUT2D eigenvalue weighted by molar-refractivity contribution is 6.01. The molecule has 1 aliphatic heterocycles. The lowest BCUT2D eigenvalue weighted by molar-refractivity contribution is 0.0527. The molecule has 0 aliphatic carbocycles. The van der Waals surface area contributed by atoms with Gasteiger partial charge >= 0.3 is 0 Å². The molecule has 1 fully saturated rings. The molecule has 1 saturated heterocycles. The Bertz CT molecular complexity index is 502. The Morgan fingerprint density at radius 3 is 2.43 bits per heavy atom. The highest BCUT2D eigenvalue weighted by Gasteiger charge is 2.29. The molecule has 3 nitrogen and oxygen atoms in total. The van der Waals surface area contributed by atoms with Crippen LogP contribution >= 0.6 is 0 Å². The number of aliphatic hydroxyl groups excluding tert-OH is 1. The third-order valence-corrected chi connectivity index (χ3v) is 4.84. The van der Waals surface area contributed by atoms with Crippen LogP contribution in [0, 0.1) is 19.8 Å². The van der Waals surface area contributed by atoms with Gasteiger partial charge in [-0.3, -0.25) is 9.69 Å². The van der Waals surface area contributed by atoms with E-state index < -0.39 is 0 Å². The van der Waals surface area contributed by atoms with Crippen LogP contribution in [0.4, 0.5) is 0 Å². The van der Waals surface area contributed by atoms with Crippen LogP contribution in [0.5, 0.6) is 0 Å². The van der Waals surface area contributed by atoms with E-state index >= 15 is 0 Å². The van der Waals surface area contributed by atoms with Gasteiger partial charge in [0.05, 0.1) is 12.1 Å². The normalized spacial score (nSPS) is 20.2. The van der Waals surface area contributed by atoms with Crippen molar-refractivity contribution in [2.45, 2.75) is 52.7 Å². The van der Waals surface area contributed by atoms with Gasteiger partial charge in [-0.15, -0.1) is 0 Å². The maximum absolute atomic E-state index is 12.7. The van der Waals surface area contributed by atoms with Gasteiger partial charge in [0.15, 0.2) is 5.78 Å². The van der Waals surface area contributed by atoms with Crippen LogP contribution < -0.4 is 0 Å². The van der Waals surface area contributed by atoms with Crippen LogP contribution in [0.25, 0.3) is 0 Å². The van der Waals surface area contributed by atoms with E-state index in [9.17, 15) is 9.90 Å². The molecular weight excluding hydrogens is 262 g/mol. The Hall–Kier alpha value is -1.19. The third-order valence-electron chi connectivity index (χ3n) is 4.84. The number of aryl methyl sites for hydroxylation is 2. The zero-order valence-electron chi connectivity index (χ0n) is 13.6. The minimum atomic E-state index is -0.239. The smallest absolute Gasteiger partial charge is 0.179 e. The average molecular weight is 289 g/mol. The van der Waals surface area contributed by atoms with Gasteiger partial charge in [0.2, 0.25) is 0 Å². The van der Waals surface area contributed by atoms with Crippen LogP contribution in [-0.4, -0.2) is 41.0 Å². The second kappa shape index (κ2) is 6.71. The Morgan fingerprint density at radius 2 is 1.86 bits per heavy atom. The first-order valence-electron chi connectivity index (χ1n) is 7.93. The van der Waals surface area contributed by atoms with E-state index in [2.05, 4.69) is 4.90 Å². The van der Waals surface area contributed by atoms with Gasteiger partial charge in [0.1, 0.15) is 0 Å². The maximum Gasteiger partial charge on any atom is 0.179 e. The van der Waals surface area contributed by atoms with Gasteiger partial charge in [-0.25, -0.2) is 0 Å². The number of nitrogens with zero attached hydrogens (tertiary/aromatic N) is 1. The first-order chi connectivity index (χ1) is 9.90. The van der Waals surface area contributed by atoms with Crippen LogP contribution in [0.1, 0.15) is 48.2 Å². The summed E-state index contributed by atoms with van der Waals surface area (Å²) in [5, 5.41) is 9.67. The predicted octanol–water partition coefficient (Wildman–Crippen LogP) is 2.97. The Labute approximate surface area is 128 Å². The minimum absolute atomic E-state index is 0.0829. The van der Waals surface area contributed by atoms with E-state index in [1.165, 1.54) is 0 Å². The van der Waals surface area contributed by atoms with Gasteiger partial charge < -0.3 is 5.11 Å². The zero-order chi connectivity index (χ0) is 15.6. The summed E-state index contributed by atoms with van der Waals surface area (Å²) in [5.74, 6) is 0.593. The SMILES string of the molecule is Cc1ccc(C)c(C(=O)C(C)N2CCC(C(C)O)CC2)c1. The molecule has 1 aromatic rings. The molecule has 0 saturated carbocycles. The molecule has 3 heteroatoms. The fourth-order valence-corrected chi connectivity index (χ4v) is 3.18. The summed E-state index contributed by atoms with van der Waals surface area (Å²) >= 11 is 0. The van der Waals surface area contributed by atoms with Crippen molar-refractivity contribution in [2.24, 2.45) is 5.92 Å². The number of hydrogen-bond donors (Lipinski definition) is 1. The molecule has 1 aliphatic rings. The Balaban J connectivity index is 2.05. The summed E-state index contributed by atoms with van der Waals surface area (Å²) in [6.07, 6.45) is 1.71. The fraction of sp³-hybridized carbons (Fsp3) is 0.611. The maximum atomic E-state index is 12.7. The van der Waals surface area contributed by atoms with Crippen LogP contribution in [0.15, 0.2) is 18.2 Å². The van der Waals surface area contributed by atoms with Crippen LogP contribution in [-0.2, 0) is 0 Å². The molecule has 2 unspecified atom stereocenters. The number of likely N-dealkylation sites (tertiary alicyclic amines) is 1. The molecule has 116 valence electrons. The highest BCUT2D eigenvalue weighted by atomic mass is 16.3. The summed E-state index contributed by atoms with van der Waals surface area (Å²) in [4.78, 5) is 15.0. The monoisotopic (exact) mass is 289 g/mol. The number of rotatable bonds is 4. The van der Waals surface area contributed by atoms with Crippen molar-refractivity contribution in [2.75, 3.05) is 13.1 Å². The Kier molecular flexibility index (Phi) is 5.17. The molecule has 0 radical (unpaired) electrons. The number of ketones is 1. The first kappa shape index (κ1) is 16.2. The van der Waals surface area contributed by atoms with E-state index in [1.807, 2.05) is 45.9 Å². The summed E-state index contributed by atoms with van der Waals surface area (Å²) in [6, 6.07) is 5.98. The number of aliphatic hydroxyl groups is 1. The zero-order valence-corrected chi connectivity index (χ0v) is 13.6. The van der Waals surface area contributed by atoms with E-state index in [4.69, 9.17) is 0 Å². The minimum Gasteiger partial charge on any atom is -0.393 e. The highest BCUT2D eigenvalue weighted by Crippen LogP contribution is 2.23. The number of hydrogen-bond acceptors (Lipinski definition) is 3. The molecule has 0 amide bonds. The summed E-state index contributed by atoms with van der Waals surface area (Å²) in [6.45, 7) is 9.69. The van der Waals surface area contributed by atoms with E-state index in [0.29, 0.717) is 5.92 Å². The molecular formula is C18H27NO2. The topological polar surface area (TPSA) is 40.5 Å². The number of piperidine rings is 1. The van der Waals surface area contributed by atoms with Crippen molar-refractivity contribution in [3.63, 3.8) is 0 Å². The number of carbonyl (C=O) groups is 1. The quantitative estimate of drug-likeness (QED) is 0.866. The van der Waals surface area contributed by atoms with Gasteiger partial charge in [-0.1, -0.05) is 17.7 Å². The van der Waals surface area contributed by atoms with Crippen LogP contribution in [0.3, 0.4) is 0 Å². The third kappa shape index (κ3) is 3.72. The first-order valence-corrected chi connectivity index (χ1v) is 7.93. The number of carbonyl (C=O) groups excluding carboxylic acids is 1. The number of benzene rings is 1. The second-order valence-electron chi connectivity index (χ2n) is 6.47. The largest absolute Gasteiger partial charge is 0.393 e.